The zero-order chi connectivity index (χ0) is 17.9. The van der Waals surface area contributed by atoms with E-state index in [0.717, 1.165) is 31.4 Å². The summed E-state index contributed by atoms with van der Waals surface area (Å²) in [6, 6.07) is 2.72. The molecule has 1 aliphatic rings. The predicted octanol–water partition coefficient (Wildman–Crippen LogP) is 3.04. The van der Waals surface area contributed by atoms with Crippen LogP contribution in [0.15, 0.2) is 18.2 Å². The van der Waals surface area contributed by atoms with Crippen LogP contribution in [-0.4, -0.2) is 35.8 Å². The number of alkyl halides is 3. The van der Waals surface area contributed by atoms with Crippen LogP contribution in [0.1, 0.15) is 42.1 Å². The maximum Gasteiger partial charge on any atom is 0.416 e. The number of carbonyl (C=O) groups excluding carboxylic acids is 2. The molecule has 140 valence electrons. The van der Waals surface area contributed by atoms with Crippen molar-refractivity contribution in [3.63, 3.8) is 0 Å². The van der Waals surface area contributed by atoms with Crippen molar-refractivity contribution in [2.75, 3.05) is 18.4 Å². The molecule has 1 aromatic carbocycles. The summed E-state index contributed by atoms with van der Waals surface area (Å²) in [4.78, 5) is 25.4. The minimum absolute atomic E-state index is 0. The highest BCUT2D eigenvalue weighted by Crippen LogP contribution is 2.33. The number of halogens is 4. The first-order valence-corrected chi connectivity index (χ1v) is 7.73. The Morgan fingerprint density at radius 2 is 1.96 bits per heavy atom. The fourth-order valence-electron chi connectivity index (χ4n) is 2.87. The third-order valence-electron chi connectivity index (χ3n) is 3.99. The zero-order valence-electron chi connectivity index (χ0n) is 13.7. The number of nitrogens with two attached hydrogens (primary N) is 1. The van der Waals surface area contributed by atoms with Gasteiger partial charge in [0.05, 0.1) is 5.56 Å². The highest BCUT2D eigenvalue weighted by Gasteiger charge is 2.33. The second kappa shape index (κ2) is 8.53. The lowest BCUT2D eigenvalue weighted by atomic mass is 10.00. The van der Waals surface area contributed by atoms with Crippen molar-refractivity contribution >= 4 is 29.9 Å². The number of hydrogen-bond acceptors (Lipinski definition) is 3. The SMILES string of the molecule is CC(=O)Nc1cc(C(=O)N2CCCCC2CN)cc(C(F)(F)F)c1.Cl. The summed E-state index contributed by atoms with van der Waals surface area (Å²) < 4.78 is 39.2. The molecule has 0 saturated carbocycles. The maximum absolute atomic E-state index is 13.1. The number of piperidine rings is 1. The molecular weight excluding hydrogens is 359 g/mol. The van der Waals surface area contributed by atoms with E-state index in [1.54, 1.807) is 0 Å². The number of nitrogens with one attached hydrogen (secondary N) is 1. The summed E-state index contributed by atoms with van der Waals surface area (Å²) in [7, 11) is 0. The van der Waals surface area contributed by atoms with E-state index in [2.05, 4.69) is 5.32 Å². The van der Waals surface area contributed by atoms with Crippen molar-refractivity contribution in [1.82, 2.24) is 4.90 Å². The van der Waals surface area contributed by atoms with Crippen LogP contribution in [0.25, 0.3) is 0 Å². The number of benzene rings is 1. The van der Waals surface area contributed by atoms with Gasteiger partial charge in [-0.1, -0.05) is 0 Å². The molecule has 3 N–H and O–H groups in total. The molecule has 1 heterocycles. The molecule has 9 heteroatoms. The first kappa shape index (κ1) is 21.2. The Balaban J connectivity index is 0.00000312. The summed E-state index contributed by atoms with van der Waals surface area (Å²) in [5.41, 5.74) is 4.54. The Bertz CT molecular complexity index is 638. The van der Waals surface area contributed by atoms with Gasteiger partial charge >= 0.3 is 6.18 Å². The Morgan fingerprint density at radius 3 is 2.52 bits per heavy atom. The number of amides is 2. The topological polar surface area (TPSA) is 75.4 Å². The van der Waals surface area contributed by atoms with Crippen LogP contribution in [0, 0.1) is 0 Å². The van der Waals surface area contributed by atoms with Gasteiger partial charge in [-0.05, 0) is 37.5 Å². The van der Waals surface area contributed by atoms with Gasteiger partial charge in [0.15, 0.2) is 0 Å². The van der Waals surface area contributed by atoms with Crippen molar-refractivity contribution in [2.24, 2.45) is 5.73 Å². The number of rotatable bonds is 3. The van der Waals surface area contributed by atoms with Gasteiger partial charge in [0.2, 0.25) is 5.91 Å². The lowest BCUT2D eigenvalue weighted by Gasteiger charge is -2.35. The van der Waals surface area contributed by atoms with Crippen molar-refractivity contribution in [3.8, 4) is 0 Å². The lowest BCUT2D eigenvalue weighted by Crippen LogP contribution is -2.47. The van der Waals surface area contributed by atoms with Crippen LogP contribution in [0.4, 0.5) is 18.9 Å². The number of carbonyl (C=O) groups is 2. The van der Waals surface area contributed by atoms with E-state index in [4.69, 9.17) is 5.73 Å². The number of anilines is 1. The van der Waals surface area contributed by atoms with Gasteiger partial charge in [0.25, 0.3) is 5.91 Å². The molecule has 1 saturated heterocycles. The predicted molar refractivity (Wildman–Crippen MR) is 90.7 cm³/mol. The summed E-state index contributed by atoms with van der Waals surface area (Å²) in [6.45, 7) is 1.92. The van der Waals surface area contributed by atoms with Gasteiger partial charge in [0, 0.05) is 37.3 Å². The minimum Gasteiger partial charge on any atom is -0.334 e. The van der Waals surface area contributed by atoms with E-state index in [1.165, 1.54) is 17.9 Å². The quantitative estimate of drug-likeness (QED) is 0.847. The van der Waals surface area contributed by atoms with Gasteiger partial charge < -0.3 is 16.0 Å². The first-order valence-electron chi connectivity index (χ1n) is 7.73. The van der Waals surface area contributed by atoms with Crippen molar-refractivity contribution in [3.05, 3.63) is 29.3 Å². The molecule has 2 amide bonds. The second-order valence-electron chi connectivity index (χ2n) is 5.86. The van der Waals surface area contributed by atoms with Crippen LogP contribution >= 0.6 is 12.4 Å². The van der Waals surface area contributed by atoms with E-state index in [9.17, 15) is 22.8 Å². The van der Waals surface area contributed by atoms with Crippen LogP contribution in [0.2, 0.25) is 0 Å². The fraction of sp³-hybridized carbons (Fsp3) is 0.500. The van der Waals surface area contributed by atoms with Crippen LogP contribution < -0.4 is 11.1 Å². The van der Waals surface area contributed by atoms with Gasteiger partial charge in [0.1, 0.15) is 0 Å². The molecule has 1 aliphatic heterocycles. The van der Waals surface area contributed by atoms with Crippen molar-refractivity contribution in [1.29, 1.82) is 0 Å². The summed E-state index contributed by atoms with van der Waals surface area (Å²) >= 11 is 0. The van der Waals surface area contributed by atoms with E-state index < -0.39 is 23.6 Å². The van der Waals surface area contributed by atoms with E-state index in [1.807, 2.05) is 0 Å². The molecule has 0 aromatic heterocycles. The van der Waals surface area contributed by atoms with E-state index in [0.29, 0.717) is 6.54 Å². The summed E-state index contributed by atoms with van der Waals surface area (Å²) in [5.74, 6) is -1.01. The average Bonchev–Trinajstić information content (AvgIpc) is 2.52. The summed E-state index contributed by atoms with van der Waals surface area (Å²) in [5, 5.41) is 2.31. The highest BCUT2D eigenvalue weighted by atomic mass is 35.5. The number of nitrogens with zero attached hydrogens (tertiary/aromatic N) is 1. The molecule has 5 nitrogen and oxygen atoms in total. The molecule has 0 bridgehead atoms. The van der Waals surface area contributed by atoms with Gasteiger partial charge in [-0.3, -0.25) is 9.59 Å². The van der Waals surface area contributed by atoms with Crippen molar-refractivity contribution in [2.45, 2.75) is 38.4 Å². The van der Waals surface area contributed by atoms with Crippen LogP contribution in [0.3, 0.4) is 0 Å². The molecule has 0 aliphatic carbocycles. The molecular formula is C16H21ClF3N3O2. The van der Waals surface area contributed by atoms with Crippen LogP contribution in [-0.2, 0) is 11.0 Å². The molecule has 0 spiro atoms. The number of hydrogen-bond donors (Lipinski definition) is 2. The van der Waals surface area contributed by atoms with Crippen LogP contribution in [0.5, 0.6) is 0 Å². The molecule has 1 atom stereocenters. The Labute approximate surface area is 150 Å². The minimum atomic E-state index is -4.61. The average molecular weight is 380 g/mol. The summed E-state index contributed by atoms with van der Waals surface area (Å²) in [6.07, 6.45) is -2.15. The third kappa shape index (κ3) is 5.34. The second-order valence-corrected chi connectivity index (χ2v) is 5.86. The Hall–Kier alpha value is -1.80. The van der Waals surface area contributed by atoms with E-state index in [-0.39, 0.29) is 36.2 Å². The lowest BCUT2D eigenvalue weighted by molar-refractivity contribution is -0.137. The standard InChI is InChI=1S/C16H20F3N3O2.ClH/c1-10(23)21-13-7-11(6-12(8-13)16(17,18)19)15(24)22-5-3-2-4-14(22)9-20;/h6-8,14H,2-5,9,20H2,1H3,(H,21,23);1H. The fourth-order valence-corrected chi connectivity index (χ4v) is 2.87. The highest BCUT2D eigenvalue weighted by molar-refractivity contribution is 5.97. The Morgan fingerprint density at radius 1 is 1.28 bits per heavy atom. The molecule has 25 heavy (non-hydrogen) atoms. The maximum atomic E-state index is 13.1. The zero-order valence-corrected chi connectivity index (χ0v) is 14.5. The molecule has 2 rings (SSSR count). The third-order valence-corrected chi connectivity index (χ3v) is 3.99. The largest absolute Gasteiger partial charge is 0.416 e. The smallest absolute Gasteiger partial charge is 0.334 e. The first-order chi connectivity index (χ1) is 11.2. The molecule has 1 fully saturated rings. The molecule has 1 unspecified atom stereocenters. The molecule has 0 radical (unpaired) electrons. The molecule has 1 aromatic rings. The van der Waals surface area contributed by atoms with Gasteiger partial charge in [-0.25, -0.2) is 0 Å². The Kier molecular flexibility index (Phi) is 7.25. The van der Waals surface area contributed by atoms with Gasteiger partial charge in [-0.15, -0.1) is 12.4 Å². The van der Waals surface area contributed by atoms with Crippen molar-refractivity contribution < 1.29 is 22.8 Å². The van der Waals surface area contributed by atoms with E-state index >= 15 is 0 Å². The number of likely N-dealkylation sites (tertiary alicyclic amines) is 1. The van der Waals surface area contributed by atoms with Gasteiger partial charge in [-0.2, -0.15) is 13.2 Å². The monoisotopic (exact) mass is 379 g/mol. The normalized spacial score (nSPS) is 17.6.